The van der Waals surface area contributed by atoms with Gasteiger partial charge in [-0.3, -0.25) is 4.79 Å². The molecule has 2 saturated carbocycles. The van der Waals surface area contributed by atoms with E-state index in [1.165, 1.54) is 6.33 Å². The van der Waals surface area contributed by atoms with Gasteiger partial charge in [0.2, 0.25) is 5.88 Å². The van der Waals surface area contributed by atoms with Crippen molar-refractivity contribution in [3.8, 4) is 5.88 Å². The molecule has 0 aromatic carbocycles. The van der Waals surface area contributed by atoms with Crippen LogP contribution in [-0.2, 0) is 22.5 Å². The molecule has 0 bridgehead atoms. The van der Waals surface area contributed by atoms with Crippen molar-refractivity contribution in [3.63, 3.8) is 0 Å². The highest BCUT2D eigenvalue weighted by molar-refractivity contribution is 7.91. The summed E-state index contributed by atoms with van der Waals surface area (Å²) in [6.07, 6.45) is 9.70. The Morgan fingerprint density at radius 2 is 1.90 bits per heavy atom. The maximum Gasteiger partial charge on any atom is 0.226 e. The van der Waals surface area contributed by atoms with Crippen LogP contribution >= 0.6 is 0 Å². The number of aldehydes is 1. The fourth-order valence-corrected chi connectivity index (χ4v) is 5.22. The first-order valence-corrected chi connectivity index (χ1v) is 15.5. The number of ether oxygens (including phenoxy) is 1. The molecule has 0 spiro atoms. The van der Waals surface area contributed by atoms with Gasteiger partial charge in [-0.1, -0.05) is 6.58 Å². The van der Waals surface area contributed by atoms with E-state index in [1.54, 1.807) is 19.5 Å². The molecule has 0 saturated heterocycles. The van der Waals surface area contributed by atoms with Gasteiger partial charge < -0.3 is 19.5 Å². The highest BCUT2D eigenvalue weighted by atomic mass is 32.2. The number of amidine groups is 2. The monoisotopic (exact) mass is 592 g/mol. The lowest BCUT2D eigenvalue weighted by Crippen LogP contribution is -2.38. The Hall–Kier alpha value is -3.64. The lowest BCUT2D eigenvalue weighted by molar-refractivity contribution is -0.102. The zero-order valence-electron chi connectivity index (χ0n) is 25.3. The topological polar surface area (TPSA) is 141 Å². The number of methoxy groups -OCH3 is 1. The first-order chi connectivity index (χ1) is 20.2. The van der Waals surface area contributed by atoms with Crippen LogP contribution < -0.4 is 10.1 Å². The first kappa shape index (κ1) is 31.3. The van der Waals surface area contributed by atoms with E-state index in [9.17, 15) is 9.35 Å². The number of nitrogens with zero attached hydrogens (tertiary/aromatic N) is 7. The van der Waals surface area contributed by atoms with E-state index in [4.69, 9.17) is 14.7 Å². The molecule has 0 amide bonds. The predicted octanol–water partition coefficient (Wildman–Crippen LogP) is 4.06. The summed E-state index contributed by atoms with van der Waals surface area (Å²) >= 11 is -1.13. The molecule has 2 unspecified atom stereocenters. The smallest absolute Gasteiger partial charge is 0.226 e. The Morgan fingerprint density at radius 3 is 2.45 bits per heavy atom. The summed E-state index contributed by atoms with van der Waals surface area (Å²) in [5.41, 5.74) is 3.49. The minimum absolute atomic E-state index is 0.112. The van der Waals surface area contributed by atoms with Gasteiger partial charge in [-0.2, -0.15) is 0 Å². The molecule has 4 rings (SSSR count). The summed E-state index contributed by atoms with van der Waals surface area (Å²) in [4.78, 5) is 42.1. The molecule has 2 aromatic rings. The van der Waals surface area contributed by atoms with Gasteiger partial charge >= 0.3 is 0 Å². The summed E-state index contributed by atoms with van der Waals surface area (Å²) < 4.78 is 17.6. The van der Waals surface area contributed by atoms with Gasteiger partial charge in [0, 0.05) is 19.0 Å². The van der Waals surface area contributed by atoms with Crippen LogP contribution in [0.4, 0.5) is 0 Å². The van der Waals surface area contributed by atoms with E-state index < -0.39 is 11.2 Å². The van der Waals surface area contributed by atoms with Crippen LogP contribution in [-0.4, -0.2) is 73.3 Å². The summed E-state index contributed by atoms with van der Waals surface area (Å²) in [5, 5.41) is 3.04. The number of rotatable bonds is 13. The molecule has 2 aliphatic rings. The van der Waals surface area contributed by atoms with Crippen LogP contribution in [0.25, 0.3) is 5.70 Å². The van der Waals surface area contributed by atoms with Crippen LogP contribution in [0.1, 0.15) is 76.4 Å². The summed E-state index contributed by atoms with van der Waals surface area (Å²) in [7, 11) is 3.58. The van der Waals surface area contributed by atoms with E-state index in [-0.39, 0.29) is 18.4 Å². The normalized spacial score (nSPS) is 16.8. The molecule has 2 heterocycles. The van der Waals surface area contributed by atoms with Gasteiger partial charge in [-0.05, 0) is 76.0 Å². The number of carbonyl (C=O) groups excluding carboxylic acids is 1. The standard InChI is InChI=1S/C30H40N8O3S/c1-8-42(40)23-13-31-24(32-14-23)15-33-25(16-39)37-27(18(2)3)29(38(6)20(5)21-9-10-21)36-19(4)26-28(22-11-12-22)34-17-35-30(26)41-7/h13-14,16-17,20-22H,4,8-12,15H2,1-3,5-7H3,(H,33,37)/b36-29+. The second-order valence-corrected chi connectivity index (χ2v) is 12.5. The van der Waals surface area contributed by atoms with Crippen molar-refractivity contribution in [1.82, 2.24) is 30.2 Å². The zero-order valence-corrected chi connectivity index (χ0v) is 26.1. The Bertz CT molecular complexity index is 1380. The van der Waals surface area contributed by atoms with Crippen LogP contribution in [0.2, 0.25) is 0 Å². The predicted molar refractivity (Wildman–Crippen MR) is 165 cm³/mol. The van der Waals surface area contributed by atoms with Crippen molar-refractivity contribution < 1.29 is 14.1 Å². The van der Waals surface area contributed by atoms with Crippen molar-refractivity contribution in [2.75, 3.05) is 19.9 Å². The number of hydrogen-bond acceptors (Lipinski definition) is 9. The zero-order chi connectivity index (χ0) is 30.4. The van der Waals surface area contributed by atoms with Crippen molar-refractivity contribution in [2.24, 2.45) is 15.9 Å². The maximum absolute atomic E-state index is 12.2. The maximum atomic E-state index is 12.2. The first-order valence-electron chi connectivity index (χ1n) is 14.2. The number of aliphatic imine (C=N–C) groups is 2. The summed E-state index contributed by atoms with van der Waals surface area (Å²) in [6, 6.07) is 0.200. The van der Waals surface area contributed by atoms with Gasteiger partial charge in [0.1, 0.15) is 23.6 Å². The average molecular weight is 593 g/mol. The third-order valence-electron chi connectivity index (χ3n) is 7.44. The number of allylic oxidation sites excluding steroid dienone is 1. The second kappa shape index (κ2) is 14.0. The Kier molecular flexibility index (Phi) is 10.4. The number of aromatic nitrogens is 4. The molecule has 2 aromatic heterocycles. The van der Waals surface area contributed by atoms with Crippen LogP contribution in [0.3, 0.4) is 0 Å². The van der Waals surface area contributed by atoms with E-state index in [0.717, 1.165) is 37.0 Å². The number of carbonyl (C=O) groups is 1. The van der Waals surface area contributed by atoms with Gasteiger partial charge in [0.15, 0.2) is 22.9 Å². The van der Waals surface area contributed by atoms with Crippen molar-refractivity contribution in [1.29, 1.82) is 0 Å². The van der Waals surface area contributed by atoms with E-state index >= 15 is 0 Å². The lowest BCUT2D eigenvalue weighted by atomic mass is 10.1. The summed E-state index contributed by atoms with van der Waals surface area (Å²) in [6.45, 7) is 12.4. The minimum atomic E-state index is -1.13. The van der Waals surface area contributed by atoms with Crippen molar-refractivity contribution in [3.05, 3.63) is 53.7 Å². The molecule has 11 nitrogen and oxygen atoms in total. The van der Waals surface area contributed by atoms with Crippen molar-refractivity contribution in [2.45, 2.75) is 76.8 Å². The minimum Gasteiger partial charge on any atom is -0.611 e. The largest absolute Gasteiger partial charge is 0.611 e. The molecule has 1 N–H and O–H groups in total. The molecule has 0 aliphatic heterocycles. The number of hydrogen-bond donors (Lipinski definition) is 1. The summed E-state index contributed by atoms with van der Waals surface area (Å²) in [5.74, 6) is 2.97. The third-order valence-corrected chi connectivity index (χ3v) is 8.70. The number of likely N-dealkylation sites (N-methyl/N-ethyl adjacent to an activating group) is 1. The molecule has 42 heavy (non-hydrogen) atoms. The molecule has 12 heteroatoms. The van der Waals surface area contributed by atoms with Gasteiger partial charge in [0.05, 0.1) is 43.0 Å². The molecular formula is C30H40N8O3S. The molecule has 2 fully saturated rings. The van der Waals surface area contributed by atoms with Crippen molar-refractivity contribution >= 4 is 34.8 Å². The van der Waals surface area contributed by atoms with E-state index in [2.05, 4.69) is 43.7 Å². The lowest BCUT2D eigenvalue weighted by Gasteiger charge is -2.29. The molecule has 224 valence electrons. The SMILES string of the molecule is C=C(/N=C(\C(/N=C(\C=O)NCc1ncc([S+]([O-])CC)cn1)=C(C)C)N(C)C(C)C1CC1)c1c(OC)ncnc1C1CC1. The Labute approximate surface area is 250 Å². The van der Waals surface area contributed by atoms with Gasteiger partial charge in [0.25, 0.3) is 0 Å². The Morgan fingerprint density at radius 1 is 1.21 bits per heavy atom. The van der Waals surface area contributed by atoms with E-state index in [1.807, 2.05) is 27.8 Å². The highest BCUT2D eigenvalue weighted by Crippen LogP contribution is 2.44. The average Bonchev–Trinajstić information content (AvgIpc) is 3.92. The fourth-order valence-electron chi connectivity index (χ4n) is 4.55. The highest BCUT2D eigenvalue weighted by Gasteiger charge is 2.34. The van der Waals surface area contributed by atoms with Gasteiger partial charge in [-0.25, -0.2) is 29.9 Å². The molecular weight excluding hydrogens is 552 g/mol. The fraction of sp³-hybridized carbons (Fsp3) is 0.500. The van der Waals surface area contributed by atoms with Crippen LogP contribution in [0, 0.1) is 5.92 Å². The van der Waals surface area contributed by atoms with E-state index in [0.29, 0.717) is 63.3 Å². The molecule has 2 atom stereocenters. The second-order valence-electron chi connectivity index (χ2n) is 10.8. The quantitative estimate of drug-likeness (QED) is 0.158. The third kappa shape index (κ3) is 7.60. The van der Waals surface area contributed by atoms with Crippen LogP contribution in [0.5, 0.6) is 5.88 Å². The molecule has 2 aliphatic carbocycles. The van der Waals surface area contributed by atoms with Gasteiger partial charge in [-0.15, -0.1) is 0 Å². The molecule has 0 radical (unpaired) electrons. The Balaban J connectivity index is 1.68. The number of nitrogens with one attached hydrogen (secondary N) is 1. The van der Waals surface area contributed by atoms with Crippen LogP contribution in [0.15, 0.2) is 51.5 Å².